The van der Waals surface area contributed by atoms with Gasteiger partial charge in [0.15, 0.2) is 0 Å². The maximum absolute atomic E-state index is 13.4. The maximum Gasteiger partial charge on any atom is 0.417 e. The Bertz CT molecular complexity index is 1340. The van der Waals surface area contributed by atoms with Gasteiger partial charge in [-0.25, -0.2) is 4.79 Å². The van der Waals surface area contributed by atoms with Crippen molar-refractivity contribution in [3.63, 3.8) is 0 Å². The average molecular weight is 551 g/mol. The average Bonchev–Trinajstić information content (AvgIpc) is 3.62. The minimum absolute atomic E-state index is 0.202. The lowest BCUT2D eigenvalue weighted by atomic mass is 9.94. The third-order valence-corrected chi connectivity index (χ3v) is 7.51. The summed E-state index contributed by atoms with van der Waals surface area (Å²) >= 11 is 12.9. The second-order valence-electron chi connectivity index (χ2n) is 9.40. The Morgan fingerprint density at radius 3 is 2.35 bits per heavy atom. The number of hydrogen-bond acceptors (Lipinski definition) is 4. The highest BCUT2D eigenvalue weighted by atomic mass is 35.5. The van der Waals surface area contributed by atoms with Crippen LogP contribution in [0.2, 0.25) is 10.0 Å². The maximum atomic E-state index is 13.4. The summed E-state index contributed by atoms with van der Waals surface area (Å²) in [6.07, 6.45) is 2.87. The van der Waals surface area contributed by atoms with Gasteiger partial charge in [-0.3, -0.25) is 0 Å². The van der Waals surface area contributed by atoms with Gasteiger partial charge in [0.05, 0.1) is 21.2 Å². The highest BCUT2D eigenvalue weighted by molar-refractivity contribution is 6.39. The fourth-order valence-corrected chi connectivity index (χ4v) is 5.32. The molecule has 5 nitrogen and oxygen atoms in total. The van der Waals surface area contributed by atoms with Crippen molar-refractivity contribution in [1.29, 1.82) is 0 Å². The number of anilines is 1. The normalized spacial score (nSPS) is 17.1. The zero-order valence-corrected chi connectivity index (χ0v) is 21.1. The van der Waals surface area contributed by atoms with Gasteiger partial charge in [0, 0.05) is 35.8 Å². The topological polar surface area (TPSA) is 66.6 Å². The molecule has 0 spiro atoms. The summed E-state index contributed by atoms with van der Waals surface area (Å²) in [5, 5.41) is 14.4. The fraction of sp³-hybridized carbons (Fsp3) is 0.333. The molecule has 3 aromatic rings. The number of rotatable bonds is 6. The molecule has 10 heteroatoms. The SMILES string of the molecule is O=C(O)c1ccc(N2CCC(C=Cc3c(-c4c(Cl)cccc4Cl)noc3C3CC3)CC2)cc1C(F)(F)F. The number of nitrogens with zero attached hydrogens (tertiary/aromatic N) is 2. The first-order chi connectivity index (χ1) is 17.6. The zero-order valence-electron chi connectivity index (χ0n) is 19.6. The van der Waals surface area contributed by atoms with E-state index < -0.39 is 23.3 Å². The standard InChI is InChI=1S/C27H23Cl2F3N2O3/c28-21-2-1-3-22(29)23(21)24-19(25(37-33-24)16-5-6-16)8-4-15-10-12-34(13-11-15)17-7-9-18(26(35)36)20(14-17)27(30,31)32/h1-4,7-9,14-16H,5-6,10-13H2,(H,35,36). The number of piperidine rings is 1. The van der Waals surface area contributed by atoms with Crippen LogP contribution in [0.4, 0.5) is 18.9 Å². The lowest BCUT2D eigenvalue weighted by Gasteiger charge is -2.33. The first-order valence-electron chi connectivity index (χ1n) is 11.9. The fourth-order valence-electron chi connectivity index (χ4n) is 4.75. The molecule has 2 fully saturated rings. The van der Waals surface area contributed by atoms with Crippen molar-refractivity contribution < 1.29 is 27.6 Å². The van der Waals surface area contributed by atoms with E-state index in [1.807, 2.05) is 11.0 Å². The highest BCUT2D eigenvalue weighted by Gasteiger charge is 2.36. The molecule has 0 unspecified atom stereocenters. The summed E-state index contributed by atoms with van der Waals surface area (Å²) in [6, 6.07) is 8.67. The number of benzene rings is 2. The van der Waals surface area contributed by atoms with Gasteiger partial charge in [-0.1, -0.05) is 46.6 Å². The Hall–Kier alpha value is -2.97. The number of carbonyl (C=O) groups is 1. The number of aromatic carboxylic acids is 1. The number of allylic oxidation sites excluding steroid dienone is 1. The molecule has 2 aromatic carbocycles. The molecule has 37 heavy (non-hydrogen) atoms. The molecule has 1 aliphatic heterocycles. The number of carboxylic acids is 1. The largest absolute Gasteiger partial charge is 0.478 e. The van der Waals surface area contributed by atoms with E-state index in [9.17, 15) is 18.0 Å². The molecule has 0 bridgehead atoms. The van der Waals surface area contributed by atoms with Crippen molar-refractivity contribution in [2.24, 2.45) is 5.92 Å². The predicted octanol–water partition coefficient (Wildman–Crippen LogP) is 8.17. The Balaban J connectivity index is 1.34. The molecular weight excluding hydrogens is 528 g/mol. The van der Waals surface area contributed by atoms with Gasteiger partial charge in [-0.05, 0) is 61.9 Å². The van der Waals surface area contributed by atoms with E-state index >= 15 is 0 Å². The van der Waals surface area contributed by atoms with E-state index in [0.717, 1.165) is 49.1 Å². The second-order valence-corrected chi connectivity index (χ2v) is 10.2. The molecular formula is C27H23Cl2F3N2O3. The third kappa shape index (κ3) is 5.36. The van der Waals surface area contributed by atoms with Crippen LogP contribution in [0.3, 0.4) is 0 Å². The summed E-state index contributed by atoms with van der Waals surface area (Å²) in [7, 11) is 0. The molecule has 194 valence electrons. The molecule has 1 aliphatic carbocycles. The first kappa shape index (κ1) is 25.7. The molecule has 5 rings (SSSR count). The van der Waals surface area contributed by atoms with Crippen LogP contribution in [0.15, 0.2) is 47.0 Å². The van der Waals surface area contributed by atoms with Gasteiger partial charge in [-0.15, -0.1) is 0 Å². The van der Waals surface area contributed by atoms with Crippen LogP contribution in [0.25, 0.3) is 17.3 Å². The van der Waals surface area contributed by atoms with Crippen LogP contribution < -0.4 is 4.90 Å². The third-order valence-electron chi connectivity index (χ3n) is 6.88. The van der Waals surface area contributed by atoms with Crippen LogP contribution >= 0.6 is 23.2 Å². The van der Waals surface area contributed by atoms with Crippen LogP contribution in [0, 0.1) is 5.92 Å². The molecule has 0 radical (unpaired) electrons. The summed E-state index contributed by atoms with van der Waals surface area (Å²) in [5.41, 5.74) is 0.573. The number of carboxylic acid groups (broad SMARTS) is 1. The van der Waals surface area contributed by atoms with Gasteiger partial charge < -0.3 is 14.5 Å². The smallest absolute Gasteiger partial charge is 0.417 e. The molecule has 0 amide bonds. The quantitative estimate of drug-likeness (QED) is 0.335. The van der Waals surface area contributed by atoms with E-state index in [1.54, 1.807) is 18.2 Å². The molecule has 1 saturated heterocycles. The number of hydrogen-bond donors (Lipinski definition) is 1. The molecule has 1 saturated carbocycles. The van der Waals surface area contributed by atoms with Crippen molar-refractivity contribution in [1.82, 2.24) is 5.16 Å². The summed E-state index contributed by atoms with van der Waals surface area (Å²) < 4.78 is 46.0. The van der Waals surface area contributed by atoms with Crippen LogP contribution in [0.5, 0.6) is 0 Å². The van der Waals surface area contributed by atoms with Gasteiger partial charge in [0.25, 0.3) is 0 Å². The Morgan fingerprint density at radius 1 is 1.08 bits per heavy atom. The highest BCUT2D eigenvalue weighted by Crippen LogP contribution is 2.46. The second kappa shape index (κ2) is 10.1. The lowest BCUT2D eigenvalue weighted by Crippen LogP contribution is -2.33. The van der Waals surface area contributed by atoms with E-state index in [1.165, 1.54) is 6.07 Å². The van der Waals surface area contributed by atoms with Gasteiger partial charge in [0.2, 0.25) is 0 Å². The number of halogens is 5. The summed E-state index contributed by atoms with van der Waals surface area (Å²) in [6.45, 7) is 1.09. The Morgan fingerprint density at radius 2 is 1.76 bits per heavy atom. The van der Waals surface area contributed by atoms with E-state index in [0.29, 0.717) is 46.0 Å². The first-order valence-corrected chi connectivity index (χ1v) is 12.7. The van der Waals surface area contributed by atoms with Gasteiger partial charge in [-0.2, -0.15) is 13.2 Å². The van der Waals surface area contributed by atoms with Crippen molar-refractivity contribution in [3.05, 3.63) is 75.0 Å². The van der Waals surface area contributed by atoms with Crippen molar-refractivity contribution in [3.8, 4) is 11.3 Å². The van der Waals surface area contributed by atoms with Gasteiger partial charge >= 0.3 is 12.1 Å². The van der Waals surface area contributed by atoms with E-state index in [2.05, 4.69) is 11.2 Å². The monoisotopic (exact) mass is 550 g/mol. The molecule has 2 heterocycles. The molecule has 1 aromatic heterocycles. The minimum Gasteiger partial charge on any atom is -0.478 e. The van der Waals surface area contributed by atoms with Crippen molar-refractivity contribution >= 4 is 40.9 Å². The van der Waals surface area contributed by atoms with Crippen molar-refractivity contribution in [2.45, 2.75) is 37.8 Å². The Labute approximate surface area is 221 Å². The van der Waals surface area contributed by atoms with E-state index in [-0.39, 0.29) is 5.92 Å². The minimum atomic E-state index is -4.75. The summed E-state index contributed by atoms with van der Waals surface area (Å²) in [5.74, 6) is -0.258. The molecule has 0 atom stereocenters. The summed E-state index contributed by atoms with van der Waals surface area (Å²) in [4.78, 5) is 13.1. The van der Waals surface area contributed by atoms with Crippen LogP contribution in [-0.4, -0.2) is 29.3 Å². The van der Waals surface area contributed by atoms with Gasteiger partial charge in [0.1, 0.15) is 11.5 Å². The number of aromatic nitrogens is 1. The molecule has 1 N–H and O–H groups in total. The van der Waals surface area contributed by atoms with Crippen LogP contribution in [0.1, 0.15) is 58.8 Å². The zero-order chi connectivity index (χ0) is 26.3. The molecule has 2 aliphatic rings. The Kier molecular flexibility index (Phi) is 6.98. The lowest BCUT2D eigenvalue weighted by molar-refractivity contribution is -0.138. The van der Waals surface area contributed by atoms with Crippen LogP contribution in [-0.2, 0) is 6.18 Å². The van der Waals surface area contributed by atoms with E-state index in [4.69, 9.17) is 32.8 Å². The predicted molar refractivity (Wildman–Crippen MR) is 136 cm³/mol. The number of alkyl halides is 3. The van der Waals surface area contributed by atoms with Crippen molar-refractivity contribution in [2.75, 3.05) is 18.0 Å².